The third-order valence-electron chi connectivity index (χ3n) is 0. The van der Waals surface area contributed by atoms with Gasteiger partial charge in [0.25, 0.3) is 0 Å². The molecule has 0 rings (SSSR count). The molecule has 0 fully saturated rings. The van der Waals surface area contributed by atoms with Gasteiger partial charge >= 0.3 is 20.2 Å². The fourth-order valence-corrected chi connectivity index (χ4v) is 0. The van der Waals surface area contributed by atoms with Gasteiger partial charge in [-0.05, 0) is 0 Å². The van der Waals surface area contributed by atoms with Crippen LogP contribution in [0.1, 0.15) is 0 Å². The van der Waals surface area contributed by atoms with E-state index in [0.717, 1.165) is 0 Å². The first kappa shape index (κ1) is 16.5. The molecule has 0 bridgehead atoms. The van der Waals surface area contributed by atoms with Crippen LogP contribution in [-0.2, 0) is 15.8 Å². The van der Waals surface area contributed by atoms with Crippen LogP contribution < -0.4 is 0 Å². The molecule has 0 aliphatic carbocycles. The average molecular weight is 217 g/mol. The van der Waals surface area contributed by atoms with Crippen LogP contribution in [-0.4, -0.2) is 0 Å². The van der Waals surface area contributed by atoms with E-state index in [1.54, 1.807) is 0 Å². The number of hydrogen-bond acceptors (Lipinski definition) is 1. The second-order valence-corrected chi connectivity index (χ2v) is 0.429. The number of hydrogen-bond donors (Lipinski definition) is 1. The summed E-state index contributed by atoms with van der Waals surface area (Å²) in [6.07, 6.45) is 0. The summed E-state index contributed by atoms with van der Waals surface area (Å²) < 4.78 is 62.8. The molecule has 0 aromatic rings. The Morgan fingerprint density at radius 1 is 0.700 bits per heavy atom. The Kier molecular flexibility index (Phi) is 26.3. The summed E-state index contributed by atoms with van der Waals surface area (Å²) in [5, 5.41) is 0. The summed E-state index contributed by atoms with van der Waals surface area (Å²) in [5.74, 6) is 0. The molecular weight excluding hydrogens is 216 g/mol. The van der Waals surface area contributed by atoms with Crippen molar-refractivity contribution in [1.82, 2.24) is 0 Å². The van der Waals surface area contributed by atoms with Gasteiger partial charge in [-0.15, -0.1) is 0 Å². The Balaban J connectivity index is -0.0000000787. The van der Waals surface area contributed by atoms with Crippen LogP contribution in [0.4, 0.5) is 26.3 Å². The van der Waals surface area contributed by atoms with E-state index in [1.807, 2.05) is 0 Å². The van der Waals surface area contributed by atoms with Crippen molar-refractivity contribution in [3.63, 3.8) is 0 Å². The van der Waals surface area contributed by atoms with Gasteiger partial charge in [0.05, 0.1) is 0 Å². The molecule has 0 atom stereocenters. The predicted molar refractivity (Wildman–Crippen MR) is 15.9 cm³/mol. The van der Waals surface area contributed by atoms with Crippen molar-refractivity contribution < 1.29 is 42.2 Å². The number of halogens is 6. The third-order valence-corrected chi connectivity index (χ3v) is 0. The van der Waals surface area contributed by atoms with Crippen LogP contribution >= 0.6 is 0 Å². The zero-order chi connectivity index (χ0) is 9.15. The second-order valence-electron chi connectivity index (χ2n) is 0.429. The quantitative estimate of drug-likeness (QED) is 0.366. The Bertz CT molecular complexity index is 39.5. The van der Waals surface area contributed by atoms with Crippen LogP contribution in [0.25, 0.3) is 0 Å². The fourth-order valence-electron chi connectivity index (χ4n) is 0. The average Bonchev–Trinajstić information content (AvgIpc) is 1.66. The molecule has 0 radical (unpaired) electrons. The SMILES string of the molecule is F[C-](F)F.F[C-](F)F.[NH]=[Cu]. The molecule has 0 aromatic carbocycles. The van der Waals surface area contributed by atoms with Crippen molar-refractivity contribution in [2.24, 2.45) is 0 Å². The van der Waals surface area contributed by atoms with Gasteiger partial charge < -0.3 is 26.3 Å². The molecule has 69 valence electrons. The van der Waals surface area contributed by atoms with Crippen LogP contribution in [0, 0.1) is 17.7 Å². The van der Waals surface area contributed by atoms with E-state index in [0.29, 0.717) is 0 Å². The summed E-state index contributed by atoms with van der Waals surface area (Å²) in [5.41, 5.74) is 0. The molecule has 0 saturated carbocycles. The van der Waals surface area contributed by atoms with E-state index in [4.69, 9.17) is 4.38 Å². The predicted octanol–water partition coefficient (Wildman–Crippen LogP) is 2.98. The Labute approximate surface area is 60.8 Å². The maximum atomic E-state index is 9.58. The molecule has 0 heterocycles. The first-order chi connectivity index (χ1) is 4.46. The van der Waals surface area contributed by atoms with E-state index in [1.165, 1.54) is 0 Å². The molecule has 10 heavy (non-hydrogen) atoms. The summed E-state index contributed by atoms with van der Waals surface area (Å²) in [4.78, 5) is 0. The van der Waals surface area contributed by atoms with Gasteiger partial charge in [0, 0.05) is 0 Å². The summed E-state index contributed by atoms with van der Waals surface area (Å²) >= 11 is 3.44. The van der Waals surface area contributed by atoms with Crippen LogP contribution in [0.5, 0.6) is 0 Å². The summed E-state index contributed by atoms with van der Waals surface area (Å²) in [6, 6.07) is 0. The molecule has 1 nitrogen and oxygen atoms in total. The standard InChI is InChI=1S/2CF3.Cu.HN/c2*2-1(3)4;;/h;;;1H/q2*-1;;. The molecule has 0 aliphatic heterocycles. The Morgan fingerprint density at radius 3 is 0.700 bits per heavy atom. The first-order valence-corrected chi connectivity index (χ1v) is 1.76. The summed E-state index contributed by atoms with van der Waals surface area (Å²) in [7, 11) is 0. The fraction of sp³-hybridized carbons (Fsp3) is 0. The zero-order valence-corrected chi connectivity index (χ0v) is 5.01. The van der Waals surface area contributed by atoms with Crippen LogP contribution in [0.3, 0.4) is 0 Å². The maximum absolute atomic E-state index is 9.58. The molecule has 0 saturated heterocycles. The molecule has 0 spiro atoms. The Morgan fingerprint density at radius 2 is 0.700 bits per heavy atom. The van der Waals surface area contributed by atoms with Crippen molar-refractivity contribution >= 4 is 0 Å². The van der Waals surface area contributed by atoms with Crippen molar-refractivity contribution in [3.8, 4) is 0 Å². The monoisotopic (exact) mass is 216 g/mol. The van der Waals surface area contributed by atoms with E-state index >= 15 is 0 Å². The molecular formula is C2HCuF6N-2. The molecule has 0 aliphatic rings. The summed E-state index contributed by atoms with van der Waals surface area (Å²) in [6.45, 7) is -6.17. The molecule has 0 unspecified atom stereocenters. The van der Waals surface area contributed by atoms with E-state index in [2.05, 4.69) is 15.8 Å². The van der Waals surface area contributed by atoms with E-state index < -0.39 is 13.4 Å². The molecule has 0 aromatic heterocycles. The van der Waals surface area contributed by atoms with E-state index in [9.17, 15) is 26.3 Å². The van der Waals surface area contributed by atoms with Gasteiger partial charge in [-0.3, -0.25) is 0 Å². The molecule has 8 heteroatoms. The topological polar surface area (TPSA) is 23.9 Å². The Hall–Kier alpha value is -0.101. The van der Waals surface area contributed by atoms with Crippen LogP contribution in [0.2, 0.25) is 0 Å². The van der Waals surface area contributed by atoms with Crippen molar-refractivity contribution in [3.05, 3.63) is 13.4 Å². The van der Waals surface area contributed by atoms with Crippen molar-refractivity contribution in [2.75, 3.05) is 0 Å². The minimum absolute atomic E-state index is 3.08. The van der Waals surface area contributed by atoms with Gasteiger partial charge in [0.15, 0.2) is 13.4 Å². The normalized spacial score (nSPS) is 7.80. The molecule has 1 N–H and O–H groups in total. The van der Waals surface area contributed by atoms with Crippen molar-refractivity contribution in [1.29, 1.82) is 4.38 Å². The van der Waals surface area contributed by atoms with Gasteiger partial charge in [-0.1, -0.05) is 0 Å². The third kappa shape index (κ3) is 37200. The van der Waals surface area contributed by atoms with Gasteiger partial charge in [-0.25, -0.2) is 0 Å². The zero-order valence-electron chi connectivity index (χ0n) is 4.07. The van der Waals surface area contributed by atoms with E-state index in [-0.39, 0.29) is 0 Å². The van der Waals surface area contributed by atoms with Gasteiger partial charge in [0.1, 0.15) is 0 Å². The minimum atomic E-state index is -3.08. The number of nitrogens with one attached hydrogen (secondary N) is 1. The van der Waals surface area contributed by atoms with Gasteiger partial charge in [0.2, 0.25) is 0 Å². The second kappa shape index (κ2) is 16.0. The molecule has 0 amide bonds. The number of rotatable bonds is 0. The van der Waals surface area contributed by atoms with Crippen LogP contribution in [0.15, 0.2) is 0 Å². The first-order valence-electron chi connectivity index (χ1n) is 1.28. The van der Waals surface area contributed by atoms with Gasteiger partial charge in [-0.2, -0.15) is 0 Å². The van der Waals surface area contributed by atoms with Crippen molar-refractivity contribution in [2.45, 2.75) is 0 Å².